The van der Waals surface area contributed by atoms with Gasteiger partial charge < -0.3 is 27.9 Å². The average molecular weight is 1490 g/mol. The van der Waals surface area contributed by atoms with Crippen molar-refractivity contribution in [1.29, 1.82) is 0 Å². The Kier molecular flexibility index (Phi) is 16.0. The smallest absolute Gasteiger partial charge is 0.135 e. The SMILES string of the molecule is Brc1ccc(Br)c2ccccc12.Brc1ccc(N(c2ccc(-c3ccc4oc5ccccc5c4c3)cc2)c2ccc(-c3ccc4oc5ccccc5c4c3)cc2)c2ccccc12.c1ccc2c(c1)oc1ccc(-c3ccc(Nc4ccc(-c5ccc6oc7ccccc7c6c5)cc4)cc3)cc12. The van der Waals surface area contributed by atoms with Gasteiger partial charge in [-0.3, -0.25) is 0 Å². The molecule has 101 heavy (non-hydrogen) atoms. The fourth-order valence-corrected chi connectivity index (χ4v) is 15.4. The number of nitrogens with one attached hydrogen (secondary N) is 1. The summed E-state index contributed by atoms with van der Waals surface area (Å²) < 4.78 is 27.5. The van der Waals surface area contributed by atoms with Crippen molar-refractivity contribution in [1.82, 2.24) is 0 Å². The molecular formula is C92H57Br3N2O4. The first-order valence-corrected chi connectivity index (χ1v) is 35.8. The van der Waals surface area contributed by atoms with Crippen LogP contribution in [0.1, 0.15) is 0 Å². The van der Waals surface area contributed by atoms with Gasteiger partial charge in [-0.2, -0.15) is 0 Å². The quantitative estimate of drug-likeness (QED) is 0.155. The van der Waals surface area contributed by atoms with Crippen LogP contribution in [0.15, 0.2) is 371 Å². The van der Waals surface area contributed by atoms with E-state index in [1.54, 1.807) is 0 Å². The van der Waals surface area contributed by atoms with Gasteiger partial charge in [0.2, 0.25) is 0 Å². The van der Waals surface area contributed by atoms with E-state index in [9.17, 15) is 0 Å². The molecule has 0 aliphatic heterocycles. The molecule has 4 heterocycles. The molecule has 0 aliphatic carbocycles. The zero-order chi connectivity index (χ0) is 67.5. The molecule has 20 rings (SSSR count). The average Bonchev–Trinajstić information content (AvgIpc) is 1.41. The van der Waals surface area contributed by atoms with Crippen LogP contribution >= 0.6 is 47.8 Å². The molecule has 0 aliphatic rings. The molecular weight excluding hydrogens is 1440 g/mol. The highest BCUT2D eigenvalue weighted by molar-refractivity contribution is 9.11. The summed E-state index contributed by atoms with van der Waals surface area (Å²) in [6.45, 7) is 0. The van der Waals surface area contributed by atoms with Crippen LogP contribution < -0.4 is 10.2 Å². The second kappa shape index (κ2) is 26.2. The highest BCUT2D eigenvalue weighted by Gasteiger charge is 2.19. The number of halogens is 3. The van der Waals surface area contributed by atoms with Gasteiger partial charge in [0.05, 0.1) is 5.69 Å². The summed E-state index contributed by atoms with van der Waals surface area (Å²) in [6.07, 6.45) is 0. The lowest BCUT2D eigenvalue weighted by Gasteiger charge is -2.27. The molecule has 480 valence electrons. The van der Waals surface area contributed by atoms with Crippen LogP contribution in [0.5, 0.6) is 0 Å². The fourth-order valence-electron chi connectivity index (χ4n) is 14.0. The topological polar surface area (TPSA) is 67.8 Å². The lowest BCUT2D eigenvalue weighted by Crippen LogP contribution is -2.10. The van der Waals surface area contributed by atoms with Crippen molar-refractivity contribution in [3.63, 3.8) is 0 Å². The Bertz CT molecular complexity index is 6180. The predicted octanol–water partition coefficient (Wildman–Crippen LogP) is 29.1. The molecule has 0 atom stereocenters. The van der Waals surface area contributed by atoms with Gasteiger partial charge >= 0.3 is 0 Å². The third kappa shape index (κ3) is 11.8. The Morgan fingerprint density at radius 1 is 0.198 bits per heavy atom. The summed E-state index contributed by atoms with van der Waals surface area (Å²) in [6, 6.07) is 119. The highest BCUT2D eigenvalue weighted by atomic mass is 79.9. The standard InChI is InChI=1S/C46H28BrNO2.C36H23NO2.C10H6Br2/c47-41-23-24-42(36-8-2-1-7-35(36)41)48(33-19-13-29(14-20-33)31-17-25-45-39(27-31)37-9-3-5-11-43(37)49-45)34-21-15-30(16-22-34)32-18-26-46-40(28-32)38-10-4-6-12-44(38)50-46;1-3-7-33-29(5-1)31-21-25(13-19-35(31)38-33)23-9-15-27(16-10-23)37-28-17-11-24(12-18-28)26-14-20-36-32(22-26)30-6-2-4-8-34(30)39-36;11-9-5-6-10(12)8-4-2-1-3-7(8)9/h1-28H;1-22,37H;1-6H. The van der Waals surface area contributed by atoms with Gasteiger partial charge in [-0.05, 0) is 206 Å². The van der Waals surface area contributed by atoms with Gasteiger partial charge in [-0.15, -0.1) is 0 Å². The Balaban J connectivity index is 0.000000127. The van der Waals surface area contributed by atoms with Crippen molar-refractivity contribution in [2.45, 2.75) is 0 Å². The molecule has 1 N–H and O–H groups in total. The van der Waals surface area contributed by atoms with Gasteiger partial charge in [-0.1, -0.05) is 242 Å². The molecule has 0 radical (unpaired) electrons. The van der Waals surface area contributed by atoms with E-state index in [4.69, 9.17) is 17.7 Å². The number of hydrogen-bond donors (Lipinski definition) is 1. The van der Waals surface area contributed by atoms with Gasteiger partial charge in [0.1, 0.15) is 44.7 Å². The van der Waals surface area contributed by atoms with Crippen molar-refractivity contribution < 1.29 is 17.7 Å². The van der Waals surface area contributed by atoms with Crippen LogP contribution in [0, 0.1) is 0 Å². The molecule has 0 bridgehead atoms. The van der Waals surface area contributed by atoms with Crippen molar-refractivity contribution in [3.8, 4) is 44.5 Å². The third-order valence-electron chi connectivity index (χ3n) is 19.1. The third-order valence-corrected chi connectivity index (χ3v) is 21.1. The first kappa shape index (κ1) is 61.6. The van der Waals surface area contributed by atoms with E-state index < -0.39 is 0 Å². The Labute approximate surface area is 606 Å². The van der Waals surface area contributed by atoms with E-state index in [0.29, 0.717) is 0 Å². The summed E-state index contributed by atoms with van der Waals surface area (Å²) in [5, 5.41) is 17.5. The number of anilines is 5. The molecule has 0 saturated heterocycles. The fraction of sp³-hybridized carbons (Fsp3) is 0. The van der Waals surface area contributed by atoms with Crippen molar-refractivity contribution >= 4 is 186 Å². The van der Waals surface area contributed by atoms with E-state index in [1.807, 2.05) is 72.8 Å². The number of benzene rings is 16. The monoisotopic (exact) mass is 1490 g/mol. The molecule has 6 nitrogen and oxygen atoms in total. The summed E-state index contributed by atoms with van der Waals surface area (Å²) in [5.41, 5.74) is 22.0. The van der Waals surface area contributed by atoms with E-state index in [2.05, 4.69) is 325 Å². The number of nitrogens with zero attached hydrogens (tertiary/aromatic N) is 1. The van der Waals surface area contributed by atoms with Gasteiger partial charge in [0.15, 0.2) is 0 Å². The summed E-state index contributed by atoms with van der Waals surface area (Å²) in [7, 11) is 0. The number of fused-ring (bicyclic) bond motifs is 14. The first-order valence-electron chi connectivity index (χ1n) is 33.4. The molecule has 0 spiro atoms. The largest absolute Gasteiger partial charge is 0.456 e. The highest BCUT2D eigenvalue weighted by Crippen LogP contribution is 2.44. The molecule has 20 aromatic rings. The minimum absolute atomic E-state index is 0.904. The lowest BCUT2D eigenvalue weighted by atomic mass is 10.0. The van der Waals surface area contributed by atoms with Crippen molar-refractivity contribution in [2.75, 3.05) is 10.2 Å². The van der Waals surface area contributed by atoms with Crippen molar-refractivity contribution in [2.24, 2.45) is 0 Å². The summed E-state index contributed by atoms with van der Waals surface area (Å²) >= 11 is 10.8. The number of hydrogen-bond acceptors (Lipinski definition) is 6. The zero-order valence-corrected chi connectivity index (χ0v) is 58.8. The molecule has 16 aromatic carbocycles. The predicted molar refractivity (Wildman–Crippen MR) is 433 cm³/mol. The summed E-state index contributed by atoms with van der Waals surface area (Å²) in [4.78, 5) is 2.35. The Hall–Kier alpha value is -11.7. The van der Waals surface area contributed by atoms with E-state index in [-0.39, 0.29) is 0 Å². The van der Waals surface area contributed by atoms with Gasteiger partial charge in [0.25, 0.3) is 0 Å². The van der Waals surface area contributed by atoms with Crippen molar-refractivity contribution in [3.05, 3.63) is 353 Å². The van der Waals surface area contributed by atoms with Gasteiger partial charge in [0, 0.05) is 84.6 Å². The van der Waals surface area contributed by atoms with E-state index in [0.717, 1.165) is 152 Å². The van der Waals surface area contributed by atoms with Crippen LogP contribution in [0.3, 0.4) is 0 Å². The maximum Gasteiger partial charge on any atom is 0.135 e. The zero-order valence-electron chi connectivity index (χ0n) is 54.0. The molecule has 9 heteroatoms. The Morgan fingerprint density at radius 3 is 0.752 bits per heavy atom. The van der Waals surface area contributed by atoms with Crippen LogP contribution in [0.4, 0.5) is 28.4 Å². The Morgan fingerprint density at radius 2 is 0.436 bits per heavy atom. The maximum atomic E-state index is 6.09. The van der Waals surface area contributed by atoms with Crippen LogP contribution in [-0.4, -0.2) is 0 Å². The van der Waals surface area contributed by atoms with Crippen LogP contribution in [-0.2, 0) is 0 Å². The minimum Gasteiger partial charge on any atom is -0.456 e. The second-order valence-electron chi connectivity index (χ2n) is 25.1. The number of para-hydroxylation sites is 4. The molecule has 0 fully saturated rings. The van der Waals surface area contributed by atoms with Crippen LogP contribution in [0.2, 0.25) is 0 Å². The van der Waals surface area contributed by atoms with Crippen LogP contribution in [0.25, 0.3) is 154 Å². The minimum atomic E-state index is 0.904. The number of rotatable bonds is 9. The first-order chi connectivity index (χ1) is 49.7. The molecule has 4 aromatic heterocycles. The molecule has 0 saturated carbocycles. The van der Waals surface area contributed by atoms with E-state index >= 15 is 0 Å². The normalized spacial score (nSPS) is 11.5. The summed E-state index contributed by atoms with van der Waals surface area (Å²) in [5.74, 6) is 0. The molecule has 0 amide bonds. The number of furan rings is 4. The van der Waals surface area contributed by atoms with E-state index in [1.165, 1.54) is 43.8 Å². The second-order valence-corrected chi connectivity index (χ2v) is 27.7. The maximum absolute atomic E-state index is 6.09. The molecule has 0 unspecified atom stereocenters. The van der Waals surface area contributed by atoms with Gasteiger partial charge in [-0.25, -0.2) is 0 Å². The lowest BCUT2D eigenvalue weighted by molar-refractivity contribution is 0.668.